The molecule has 0 unspecified atom stereocenters. The fraction of sp³-hybridized carbons (Fsp3) is 0.238. The molecule has 0 fully saturated rings. The number of carbonyl (C=O) groups is 2. The van der Waals surface area contributed by atoms with Crippen molar-refractivity contribution in [1.82, 2.24) is 10.2 Å². The molecule has 5 heteroatoms. The Hall–Kier alpha value is -2.95. The summed E-state index contributed by atoms with van der Waals surface area (Å²) in [6.45, 7) is 1.16. The van der Waals surface area contributed by atoms with Crippen LogP contribution in [-0.2, 0) is 4.79 Å². The molecule has 2 aromatic rings. The van der Waals surface area contributed by atoms with E-state index in [0.717, 1.165) is 23.1 Å². The first-order valence-corrected chi connectivity index (χ1v) is 8.74. The lowest BCUT2D eigenvalue weighted by Crippen LogP contribution is -2.36. The molecule has 4 nitrogen and oxygen atoms in total. The maximum absolute atomic E-state index is 13.0. The van der Waals surface area contributed by atoms with Gasteiger partial charge in [-0.05, 0) is 41.3 Å². The van der Waals surface area contributed by atoms with Gasteiger partial charge in [-0.1, -0.05) is 36.4 Å². The van der Waals surface area contributed by atoms with E-state index in [1.165, 1.54) is 12.1 Å². The molecule has 0 saturated carbocycles. The summed E-state index contributed by atoms with van der Waals surface area (Å²) >= 11 is 0. The minimum atomic E-state index is -0.256. The van der Waals surface area contributed by atoms with Crippen LogP contribution < -0.4 is 5.32 Å². The molecule has 1 N–H and O–H groups in total. The zero-order valence-corrected chi connectivity index (χ0v) is 14.2. The quantitative estimate of drug-likeness (QED) is 0.923. The summed E-state index contributed by atoms with van der Waals surface area (Å²) < 4.78 is 13.0. The predicted molar refractivity (Wildman–Crippen MR) is 96.8 cm³/mol. The van der Waals surface area contributed by atoms with Crippen LogP contribution in [0.4, 0.5) is 4.39 Å². The molecule has 0 aliphatic carbocycles. The lowest BCUT2D eigenvalue weighted by molar-refractivity contribution is -0.131. The largest absolute Gasteiger partial charge is 0.345 e. The Bertz CT molecular complexity index is 889. The van der Waals surface area contributed by atoms with Gasteiger partial charge >= 0.3 is 0 Å². The van der Waals surface area contributed by atoms with Crippen molar-refractivity contribution in [2.24, 2.45) is 0 Å². The highest BCUT2D eigenvalue weighted by Crippen LogP contribution is 2.29. The van der Waals surface area contributed by atoms with Crippen LogP contribution in [0.3, 0.4) is 0 Å². The minimum Gasteiger partial charge on any atom is -0.345 e. The van der Waals surface area contributed by atoms with Crippen molar-refractivity contribution in [3.63, 3.8) is 0 Å². The van der Waals surface area contributed by atoms with E-state index in [0.29, 0.717) is 18.7 Å². The van der Waals surface area contributed by atoms with E-state index in [9.17, 15) is 14.0 Å². The van der Waals surface area contributed by atoms with Gasteiger partial charge in [0.25, 0.3) is 5.91 Å². The molecule has 1 atom stereocenters. The first kappa shape index (κ1) is 16.5. The Kier molecular flexibility index (Phi) is 4.29. The van der Waals surface area contributed by atoms with Crippen LogP contribution in [0.5, 0.6) is 0 Å². The average Bonchev–Trinajstić information content (AvgIpc) is 2.98. The molecule has 2 aliphatic rings. The van der Waals surface area contributed by atoms with Gasteiger partial charge in [-0.3, -0.25) is 9.59 Å². The number of nitrogens with zero attached hydrogens (tertiary/aromatic N) is 1. The van der Waals surface area contributed by atoms with Gasteiger partial charge in [0, 0.05) is 18.7 Å². The lowest BCUT2D eigenvalue weighted by atomic mass is 9.98. The number of halogens is 1. The summed E-state index contributed by atoms with van der Waals surface area (Å²) in [5, 5.41) is 2.89. The molecule has 0 saturated heterocycles. The van der Waals surface area contributed by atoms with Gasteiger partial charge < -0.3 is 10.2 Å². The van der Waals surface area contributed by atoms with Gasteiger partial charge in [0.1, 0.15) is 5.82 Å². The molecule has 132 valence electrons. The fourth-order valence-electron chi connectivity index (χ4n) is 3.61. The van der Waals surface area contributed by atoms with Crippen LogP contribution in [-0.4, -0.2) is 29.8 Å². The van der Waals surface area contributed by atoms with E-state index in [2.05, 4.69) is 5.32 Å². The first-order valence-electron chi connectivity index (χ1n) is 8.74. The minimum absolute atomic E-state index is 0.0291. The highest BCUT2D eigenvalue weighted by Gasteiger charge is 2.31. The molecule has 4 rings (SSSR count). The van der Waals surface area contributed by atoms with Crippen molar-refractivity contribution in [3.8, 4) is 0 Å². The van der Waals surface area contributed by atoms with Crippen LogP contribution >= 0.6 is 0 Å². The third-order valence-corrected chi connectivity index (χ3v) is 5.04. The Labute approximate surface area is 151 Å². The molecule has 2 aromatic carbocycles. The lowest BCUT2D eigenvalue weighted by Gasteiger charge is -2.28. The molecule has 2 amide bonds. The van der Waals surface area contributed by atoms with E-state index in [4.69, 9.17) is 0 Å². The van der Waals surface area contributed by atoms with E-state index in [1.807, 2.05) is 24.3 Å². The summed E-state index contributed by atoms with van der Waals surface area (Å²) in [4.78, 5) is 26.4. The van der Waals surface area contributed by atoms with Crippen molar-refractivity contribution < 1.29 is 14.0 Å². The van der Waals surface area contributed by atoms with Gasteiger partial charge in [-0.2, -0.15) is 0 Å². The highest BCUT2D eigenvalue weighted by atomic mass is 19.1. The molecule has 0 aromatic heterocycles. The number of amides is 2. The second kappa shape index (κ2) is 6.75. The van der Waals surface area contributed by atoms with Crippen LogP contribution in [0.1, 0.15) is 40.4 Å². The van der Waals surface area contributed by atoms with Crippen molar-refractivity contribution in [2.45, 2.75) is 18.9 Å². The third kappa shape index (κ3) is 3.12. The molecule has 0 radical (unpaired) electrons. The fourth-order valence-corrected chi connectivity index (χ4v) is 3.61. The second-order valence-electron chi connectivity index (χ2n) is 6.64. The van der Waals surface area contributed by atoms with Crippen LogP contribution in [0.15, 0.2) is 54.6 Å². The Morgan fingerprint density at radius 3 is 2.65 bits per heavy atom. The first-order chi connectivity index (χ1) is 12.6. The monoisotopic (exact) mass is 350 g/mol. The van der Waals surface area contributed by atoms with Crippen molar-refractivity contribution in [2.75, 3.05) is 13.1 Å². The SMILES string of the molecule is O=C1N[C@@H](CC(=O)N2CC=C(c3ccc(F)cc3)CC2)c2ccccc21. The van der Waals surface area contributed by atoms with Crippen molar-refractivity contribution in [3.05, 3.63) is 77.1 Å². The van der Waals surface area contributed by atoms with Crippen LogP contribution in [0, 0.1) is 5.82 Å². The predicted octanol–water partition coefficient (Wildman–Crippen LogP) is 3.32. The van der Waals surface area contributed by atoms with Crippen LogP contribution in [0.2, 0.25) is 0 Å². The third-order valence-electron chi connectivity index (χ3n) is 5.04. The number of benzene rings is 2. The smallest absolute Gasteiger partial charge is 0.252 e. The maximum Gasteiger partial charge on any atom is 0.252 e. The number of hydrogen-bond donors (Lipinski definition) is 1. The molecule has 26 heavy (non-hydrogen) atoms. The van der Waals surface area contributed by atoms with E-state index in [-0.39, 0.29) is 30.1 Å². The molecular weight excluding hydrogens is 331 g/mol. The molecule has 2 aliphatic heterocycles. The van der Waals surface area contributed by atoms with E-state index >= 15 is 0 Å². The summed E-state index contributed by atoms with van der Waals surface area (Å²) in [7, 11) is 0. The van der Waals surface area contributed by atoms with Crippen molar-refractivity contribution >= 4 is 17.4 Å². The molecular formula is C21H19FN2O2. The molecule has 0 bridgehead atoms. The molecule has 0 spiro atoms. The Morgan fingerprint density at radius 2 is 1.92 bits per heavy atom. The zero-order valence-electron chi connectivity index (χ0n) is 14.2. The number of carbonyl (C=O) groups excluding carboxylic acids is 2. The summed E-state index contributed by atoms with van der Waals surface area (Å²) in [6, 6.07) is 13.6. The van der Waals surface area contributed by atoms with Gasteiger partial charge in [0.05, 0.1) is 12.5 Å². The Morgan fingerprint density at radius 1 is 1.15 bits per heavy atom. The average molecular weight is 350 g/mol. The zero-order chi connectivity index (χ0) is 18.1. The Balaban J connectivity index is 1.41. The van der Waals surface area contributed by atoms with Crippen molar-refractivity contribution in [1.29, 1.82) is 0 Å². The van der Waals surface area contributed by atoms with Crippen LogP contribution in [0.25, 0.3) is 5.57 Å². The van der Waals surface area contributed by atoms with Gasteiger partial charge in [-0.15, -0.1) is 0 Å². The van der Waals surface area contributed by atoms with Gasteiger partial charge in [-0.25, -0.2) is 4.39 Å². The maximum atomic E-state index is 13.0. The summed E-state index contributed by atoms with van der Waals surface area (Å²) in [5.74, 6) is -0.335. The standard InChI is InChI=1S/C21H19FN2O2/c22-16-7-5-14(6-8-16)15-9-11-24(12-10-15)20(25)13-19-17-3-1-2-4-18(17)21(26)23-19/h1-9,19H,10-13H2,(H,23,26)/t19-/m0/s1. The van der Waals surface area contributed by atoms with Gasteiger partial charge in [0.2, 0.25) is 5.91 Å². The summed E-state index contributed by atoms with van der Waals surface area (Å²) in [5.41, 5.74) is 3.68. The number of hydrogen-bond acceptors (Lipinski definition) is 2. The normalized spacial score (nSPS) is 19.0. The highest BCUT2D eigenvalue weighted by molar-refractivity contribution is 5.99. The number of rotatable bonds is 3. The molecule has 2 heterocycles. The second-order valence-corrected chi connectivity index (χ2v) is 6.64. The van der Waals surface area contributed by atoms with Gasteiger partial charge in [0.15, 0.2) is 0 Å². The summed E-state index contributed by atoms with van der Waals surface area (Å²) in [6.07, 6.45) is 3.03. The number of fused-ring (bicyclic) bond motifs is 1. The number of nitrogens with one attached hydrogen (secondary N) is 1. The van der Waals surface area contributed by atoms with E-state index < -0.39 is 0 Å². The van der Waals surface area contributed by atoms with E-state index in [1.54, 1.807) is 23.1 Å². The topological polar surface area (TPSA) is 49.4 Å².